The Morgan fingerprint density at radius 3 is 2.94 bits per heavy atom. The van der Waals surface area contributed by atoms with E-state index in [9.17, 15) is 0 Å². The maximum atomic E-state index is 9.04. The maximum Gasteiger partial charge on any atom is 0.101 e. The molecule has 0 aliphatic carbocycles. The summed E-state index contributed by atoms with van der Waals surface area (Å²) in [7, 11) is 1.90. The molecular weight excluding hydrogens is 292 g/mol. The van der Waals surface area contributed by atoms with Crippen molar-refractivity contribution in [2.24, 2.45) is 7.05 Å². The Morgan fingerprint density at radius 1 is 1.44 bits per heavy atom. The zero-order valence-electron chi connectivity index (χ0n) is 10.0. The monoisotopic (exact) mass is 304 g/mol. The maximum absolute atomic E-state index is 9.04. The summed E-state index contributed by atoms with van der Waals surface area (Å²) in [4.78, 5) is 0. The van der Waals surface area contributed by atoms with Gasteiger partial charge in [-0.15, -0.1) is 0 Å². The fourth-order valence-corrected chi connectivity index (χ4v) is 2.05. The molecule has 0 saturated carbocycles. The zero-order chi connectivity index (χ0) is 13.0. The summed E-state index contributed by atoms with van der Waals surface area (Å²) >= 11 is 3.35. The van der Waals surface area contributed by atoms with Gasteiger partial charge in [-0.2, -0.15) is 10.4 Å². The van der Waals surface area contributed by atoms with E-state index < -0.39 is 0 Å². The lowest BCUT2D eigenvalue weighted by Crippen LogP contribution is -2.07. The third-order valence-electron chi connectivity index (χ3n) is 2.57. The van der Waals surface area contributed by atoms with E-state index in [4.69, 9.17) is 5.26 Å². The minimum Gasteiger partial charge on any atom is -0.384 e. The number of aromatic nitrogens is 2. The van der Waals surface area contributed by atoms with Gasteiger partial charge in [0.15, 0.2) is 0 Å². The lowest BCUT2D eigenvalue weighted by atomic mass is 10.2. The first-order valence-corrected chi connectivity index (χ1v) is 6.40. The van der Waals surface area contributed by atoms with Gasteiger partial charge >= 0.3 is 0 Å². The van der Waals surface area contributed by atoms with Crippen LogP contribution in [-0.2, 0) is 13.5 Å². The highest BCUT2D eigenvalue weighted by Gasteiger charge is 2.02. The van der Waals surface area contributed by atoms with Crippen molar-refractivity contribution in [3.8, 4) is 6.07 Å². The van der Waals surface area contributed by atoms with Crippen molar-refractivity contribution < 1.29 is 0 Å². The molecule has 1 N–H and O–H groups in total. The first-order valence-electron chi connectivity index (χ1n) is 5.61. The topological polar surface area (TPSA) is 53.6 Å². The van der Waals surface area contributed by atoms with Gasteiger partial charge in [-0.05, 0) is 24.3 Å². The molecule has 1 aromatic heterocycles. The van der Waals surface area contributed by atoms with Gasteiger partial charge in [-0.3, -0.25) is 4.68 Å². The largest absolute Gasteiger partial charge is 0.384 e. The highest BCUT2D eigenvalue weighted by atomic mass is 79.9. The molecule has 1 heterocycles. The number of nitriles is 1. The molecule has 2 rings (SSSR count). The van der Waals surface area contributed by atoms with Crippen molar-refractivity contribution in [2.45, 2.75) is 6.42 Å². The Labute approximate surface area is 114 Å². The van der Waals surface area contributed by atoms with Gasteiger partial charge in [0, 0.05) is 30.7 Å². The molecule has 4 nitrogen and oxygen atoms in total. The summed E-state index contributed by atoms with van der Waals surface area (Å²) in [5.74, 6) is 0. The molecule has 92 valence electrons. The number of anilines is 1. The second-order valence-corrected chi connectivity index (χ2v) is 4.87. The molecule has 18 heavy (non-hydrogen) atoms. The molecule has 0 atom stereocenters. The number of rotatable bonds is 4. The van der Waals surface area contributed by atoms with E-state index in [0.29, 0.717) is 5.56 Å². The first kappa shape index (κ1) is 12.7. The molecular formula is C13H13BrN4. The summed E-state index contributed by atoms with van der Waals surface area (Å²) in [6, 6.07) is 9.80. The number of hydrogen-bond acceptors (Lipinski definition) is 3. The smallest absolute Gasteiger partial charge is 0.101 e. The summed E-state index contributed by atoms with van der Waals surface area (Å²) in [6.07, 6.45) is 2.76. The highest BCUT2D eigenvalue weighted by molar-refractivity contribution is 9.10. The van der Waals surface area contributed by atoms with Crippen LogP contribution in [-0.4, -0.2) is 16.3 Å². The molecule has 0 spiro atoms. The molecule has 1 aromatic carbocycles. The summed E-state index contributed by atoms with van der Waals surface area (Å²) in [6.45, 7) is 0.757. The minimum atomic E-state index is 0.644. The van der Waals surface area contributed by atoms with Crippen molar-refractivity contribution in [3.05, 3.63) is 46.2 Å². The number of halogens is 1. The average molecular weight is 305 g/mol. The van der Waals surface area contributed by atoms with E-state index >= 15 is 0 Å². The van der Waals surface area contributed by atoms with Crippen LogP contribution in [0.15, 0.2) is 34.9 Å². The van der Waals surface area contributed by atoms with Crippen molar-refractivity contribution in [1.29, 1.82) is 5.26 Å². The summed E-state index contributed by atoms with van der Waals surface area (Å²) in [5.41, 5.74) is 2.54. The van der Waals surface area contributed by atoms with Crippen LogP contribution >= 0.6 is 15.9 Å². The highest BCUT2D eigenvalue weighted by Crippen LogP contribution is 2.20. The Bertz CT molecular complexity index is 583. The van der Waals surface area contributed by atoms with Crippen molar-refractivity contribution >= 4 is 21.6 Å². The SMILES string of the molecule is Cn1ccc(CCNc2ccc(Br)cc2C#N)n1. The Kier molecular flexibility index (Phi) is 4.00. The van der Waals surface area contributed by atoms with E-state index in [-0.39, 0.29) is 0 Å². The van der Waals surface area contributed by atoms with Crippen molar-refractivity contribution in [2.75, 3.05) is 11.9 Å². The van der Waals surface area contributed by atoms with Gasteiger partial charge in [-0.1, -0.05) is 15.9 Å². The van der Waals surface area contributed by atoms with E-state index in [2.05, 4.69) is 32.4 Å². The van der Waals surface area contributed by atoms with Crippen LogP contribution in [0.4, 0.5) is 5.69 Å². The Morgan fingerprint density at radius 2 is 2.28 bits per heavy atom. The van der Waals surface area contributed by atoms with Crippen LogP contribution in [0, 0.1) is 11.3 Å². The summed E-state index contributed by atoms with van der Waals surface area (Å²) in [5, 5.41) is 16.6. The van der Waals surface area contributed by atoms with Gasteiger partial charge in [0.25, 0.3) is 0 Å². The van der Waals surface area contributed by atoms with Crippen LogP contribution < -0.4 is 5.32 Å². The van der Waals surface area contributed by atoms with Crippen LogP contribution in [0.1, 0.15) is 11.3 Å². The number of aryl methyl sites for hydroxylation is 1. The predicted molar refractivity (Wildman–Crippen MR) is 74.3 cm³/mol. The third kappa shape index (κ3) is 3.11. The molecule has 0 unspecified atom stereocenters. The average Bonchev–Trinajstić information content (AvgIpc) is 2.77. The lowest BCUT2D eigenvalue weighted by Gasteiger charge is -2.07. The third-order valence-corrected chi connectivity index (χ3v) is 3.06. The van der Waals surface area contributed by atoms with E-state index in [1.165, 1.54) is 0 Å². The second-order valence-electron chi connectivity index (χ2n) is 3.96. The number of benzene rings is 1. The Balaban J connectivity index is 1.96. The molecule has 0 aliphatic rings. The van der Waals surface area contributed by atoms with Gasteiger partial charge < -0.3 is 5.32 Å². The second kappa shape index (κ2) is 5.69. The molecule has 0 amide bonds. The number of nitrogens with zero attached hydrogens (tertiary/aromatic N) is 3. The quantitative estimate of drug-likeness (QED) is 0.945. The molecule has 0 radical (unpaired) electrons. The molecule has 0 aliphatic heterocycles. The van der Waals surface area contributed by atoms with Gasteiger partial charge in [0.05, 0.1) is 16.9 Å². The van der Waals surface area contributed by atoms with E-state index in [0.717, 1.165) is 28.8 Å². The predicted octanol–water partition coefficient (Wildman–Crippen LogP) is 2.71. The van der Waals surface area contributed by atoms with E-state index in [1.807, 2.05) is 37.5 Å². The van der Waals surface area contributed by atoms with Crippen molar-refractivity contribution in [1.82, 2.24) is 9.78 Å². The van der Waals surface area contributed by atoms with Crippen LogP contribution in [0.2, 0.25) is 0 Å². The van der Waals surface area contributed by atoms with Crippen LogP contribution in [0.5, 0.6) is 0 Å². The molecule has 0 bridgehead atoms. The van der Waals surface area contributed by atoms with Gasteiger partial charge in [0.2, 0.25) is 0 Å². The fraction of sp³-hybridized carbons (Fsp3) is 0.231. The number of nitrogens with one attached hydrogen (secondary N) is 1. The fourth-order valence-electron chi connectivity index (χ4n) is 1.68. The lowest BCUT2D eigenvalue weighted by molar-refractivity contribution is 0.742. The van der Waals surface area contributed by atoms with Crippen molar-refractivity contribution in [3.63, 3.8) is 0 Å². The molecule has 5 heteroatoms. The van der Waals surface area contributed by atoms with E-state index in [1.54, 1.807) is 4.68 Å². The minimum absolute atomic E-state index is 0.644. The number of hydrogen-bond donors (Lipinski definition) is 1. The molecule has 0 saturated heterocycles. The zero-order valence-corrected chi connectivity index (χ0v) is 11.6. The molecule has 2 aromatic rings. The normalized spacial score (nSPS) is 10.1. The summed E-state index contributed by atoms with van der Waals surface area (Å²) < 4.78 is 2.70. The standard InChI is InChI=1S/C13H13BrN4/c1-18-7-5-12(17-18)4-6-16-13-3-2-11(14)8-10(13)9-15/h2-3,5,7-8,16H,4,6H2,1H3. The van der Waals surface area contributed by atoms with Crippen LogP contribution in [0.25, 0.3) is 0 Å². The first-order chi connectivity index (χ1) is 8.69. The van der Waals surface area contributed by atoms with Crippen LogP contribution in [0.3, 0.4) is 0 Å². The van der Waals surface area contributed by atoms with Gasteiger partial charge in [0.1, 0.15) is 6.07 Å². The molecule has 0 fully saturated rings. The van der Waals surface area contributed by atoms with Gasteiger partial charge in [-0.25, -0.2) is 0 Å². The Hall–Kier alpha value is -1.80.